The Labute approximate surface area is 142 Å². The summed E-state index contributed by atoms with van der Waals surface area (Å²) in [6.45, 7) is 6.49. The molecule has 0 saturated carbocycles. The van der Waals surface area contributed by atoms with Gasteiger partial charge < -0.3 is 4.74 Å². The number of hydrogen-bond donors (Lipinski definition) is 0. The van der Waals surface area contributed by atoms with Crippen LogP contribution in [0.2, 0.25) is 0 Å². The molecule has 0 amide bonds. The van der Waals surface area contributed by atoms with E-state index in [-0.39, 0.29) is 12.0 Å². The normalized spacial score (nSPS) is 17.2. The highest BCUT2D eigenvalue weighted by molar-refractivity contribution is 6.05. The van der Waals surface area contributed by atoms with E-state index in [0.717, 1.165) is 41.4 Å². The van der Waals surface area contributed by atoms with E-state index in [4.69, 9.17) is 15.0 Å². The van der Waals surface area contributed by atoms with Gasteiger partial charge in [-0.1, -0.05) is 39.0 Å². The van der Waals surface area contributed by atoms with Crippen molar-refractivity contribution >= 4 is 16.9 Å². The highest BCUT2D eigenvalue weighted by atomic mass is 16.5. The molecule has 1 aromatic carbocycles. The third-order valence-electron chi connectivity index (χ3n) is 4.96. The second-order valence-electron chi connectivity index (χ2n) is 7.47. The van der Waals surface area contributed by atoms with Crippen molar-refractivity contribution in [3.8, 4) is 6.07 Å². The maximum atomic E-state index is 12.6. The minimum atomic E-state index is -0.416. The fourth-order valence-corrected chi connectivity index (χ4v) is 3.53. The lowest BCUT2D eigenvalue weighted by molar-refractivity contribution is 0.0554. The van der Waals surface area contributed by atoms with Crippen molar-refractivity contribution in [2.45, 2.75) is 40.0 Å². The van der Waals surface area contributed by atoms with E-state index in [0.29, 0.717) is 11.5 Å². The Bertz CT molecular complexity index is 828. The van der Waals surface area contributed by atoms with E-state index in [2.05, 4.69) is 20.8 Å². The maximum absolute atomic E-state index is 12.6. The van der Waals surface area contributed by atoms with E-state index in [1.165, 1.54) is 0 Å². The monoisotopic (exact) mass is 322 g/mol. The van der Waals surface area contributed by atoms with Gasteiger partial charge in [-0.2, -0.15) is 5.26 Å². The number of aromatic nitrogens is 1. The maximum Gasteiger partial charge on any atom is 0.340 e. The van der Waals surface area contributed by atoms with Crippen molar-refractivity contribution in [3.05, 3.63) is 41.1 Å². The summed E-state index contributed by atoms with van der Waals surface area (Å²) in [6, 6.07) is 9.53. The SMILES string of the molecule is CC(C)(C)C1CCc2nc3ccccc3c(C(=O)OCC#N)c2C1. The molecule has 1 aromatic heterocycles. The molecule has 1 atom stereocenters. The number of carbonyl (C=O) groups is 1. The van der Waals surface area contributed by atoms with E-state index >= 15 is 0 Å². The Kier molecular flexibility index (Phi) is 4.28. The van der Waals surface area contributed by atoms with Crippen LogP contribution in [-0.2, 0) is 17.6 Å². The summed E-state index contributed by atoms with van der Waals surface area (Å²) in [4.78, 5) is 17.4. The summed E-state index contributed by atoms with van der Waals surface area (Å²) in [5, 5.41) is 9.54. The van der Waals surface area contributed by atoms with Crippen LogP contribution < -0.4 is 0 Å². The van der Waals surface area contributed by atoms with Crippen molar-refractivity contribution in [2.24, 2.45) is 11.3 Å². The molecule has 1 unspecified atom stereocenters. The smallest absolute Gasteiger partial charge is 0.340 e. The number of rotatable bonds is 2. The number of ether oxygens (including phenoxy) is 1. The quantitative estimate of drug-likeness (QED) is 0.782. The average molecular weight is 322 g/mol. The molecule has 0 aliphatic heterocycles. The van der Waals surface area contributed by atoms with Crippen molar-refractivity contribution in [1.29, 1.82) is 5.26 Å². The highest BCUT2D eigenvalue weighted by Gasteiger charge is 2.33. The summed E-state index contributed by atoms with van der Waals surface area (Å²) in [6.07, 6.45) is 2.78. The summed E-state index contributed by atoms with van der Waals surface area (Å²) in [5.41, 5.74) is 3.59. The molecule has 1 aliphatic carbocycles. The number of hydrogen-bond acceptors (Lipinski definition) is 4. The van der Waals surface area contributed by atoms with Gasteiger partial charge in [-0.05, 0) is 42.2 Å². The Morgan fingerprint density at radius 3 is 2.83 bits per heavy atom. The number of nitriles is 1. The van der Waals surface area contributed by atoms with Gasteiger partial charge in [-0.3, -0.25) is 4.98 Å². The first-order chi connectivity index (χ1) is 11.4. The second-order valence-corrected chi connectivity index (χ2v) is 7.47. The molecule has 1 heterocycles. The van der Waals surface area contributed by atoms with Gasteiger partial charge in [0, 0.05) is 11.1 Å². The van der Waals surface area contributed by atoms with Gasteiger partial charge in [0.25, 0.3) is 0 Å². The summed E-state index contributed by atoms with van der Waals surface area (Å²) in [5.74, 6) is 0.0800. The third kappa shape index (κ3) is 2.99. The van der Waals surface area contributed by atoms with Crippen LogP contribution in [0.1, 0.15) is 48.8 Å². The van der Waals surface area contributed by atoms with Crippen LogP contribution >= 0.6 is 0 Å². The number of para-hydroxylation sites is 1. The topological polar surface area (TPSA) is 63.0 Å². The van der Waals surface area contributed by atoms with Crippen LogP contribution in [0, 0.1) is 22.7 Å². The zero-order valence-corrected chi connectivity index (χ0v) is 14.4. The van der Waals surface area contributed by atoms with Crippen molar-refractivity contribution in [2.75, 3.05) is 6.61 Å². The number of pyridine rings is 1. The van der Waals surface area contributed by atoms with Gasteiger partial charge in [-0.15, -0.1) is 0 Å². The van der Waals surface area contributed by atoms with Gasteiger partial charge in [-0.25, -0.2) is 4.79 Å². The van der Waals surface area contributed by atoms with E-state index < -0.39 is 5.97 Å². The van der Waals surface area contributed by atoms with E-state index in [1.54, 1.807) is 0 Å². The average Bonchev–Trinajstić information content (AvgIpc) is 2.56. The molecule has 0 spiro atoms. The molecular formula is C20H22N2O2. The first kappa shape index (κ1) is 16.4. The second kappa shape index (κ2) is 6.24. The molecule has 0 fully saturated rings. The molecule has 0 saturated heterocycles. The molecule has 1 aliphatic rings. The predicted molar refractivity (Wildman–Crippen MR) is 92.6 cm³/mol. The zero-order chi connectivity index (χ0) is 17.3. The van der Waals surface area contributed by atoms with Gasteiger partial charge >= 0.3 is 5.97 Å². The Morgan fingerprint density at radius 2 is 2.12 bits per heavy atom. The summed E-state index contributed by atoms with van der Waals surface area (Å²) in [7, 11) is 0. The minimum Gasteiger partial charge on any atom is -0.447 e. The first-order valence-corrected chi connectivity index (χ1v) is 8.36. The molecule has 24 heavy (non-hydrogen) atoms. The van der Waals surface area contributed by atoms with Gasteiger partial charge in [0.05, 0.1) is 11.1 Å². The van der Waals surface area contributed by atoms with Crippen LogP contribution in [-0.4, -0.2) is 17.6 Å². The zero-order valence-electron chi connectivity index (χ0n) is 14.4. The number of esters is 1. The van der Waals surface area contributed by atoms with Crippen LogP contribution in [0.4, 0.5) is 0 Å². The van der Waals surface area contributed by atoms with Crippen LogP contribution in [0.25, 0.3) is 10.9 Å². The molecule has 0 bridgehead atoms. The van der Waals surface area contributed by atoms with Crippen LogP contribution in [0.3, 0.4) is 0 Å². The number of fused-ring (bicyclic) bond motifs is 2. The molecular weight excluding hydrogens is 300 g/mol. The molecule has 124 valence electrons. The van der Waals surface area contributed by atoms with E-state index in [9.17, 15) is 4.79 Å². The lowest BCUT2D eigenvalue weighted by atomic mass is 9.70. The van der Waals surface area contributed by atoms with Gasteiger partial charge in [0.2, 0.25) is 0 Å². The third-order valence-corrected chi connectivity index (χ3v) is 4.96. The standard InChI is InChI=1S/C20H22N2O2/c1-20(2,3)13-8-9-17-15(12-13)18(19(23)24-11-10-21)14-6-4-5-7-16(14)22-17/h4-7,13H,8-9,11-12H2,1-3H3. The fraction of sp³-hybridized carbons (Fsp3) is 0.450. The van der Waals surface area contributed by atoms with Crippen molar-refractivity contribution in [3.63, 3.8) is 0 Å². The lowest BCUT2D eigenvalue weighted by Gasteiger charge is -2.35. The molecule has 4 heteroatoms. The number of benzene rings is 1. The Balaban J connectivity index is 2.16. The van der Waals surface area contributed by atoms with E-state index in [1.807, 2.05) is 30.3 Å². The minimum absolute atomic E-state index is 0.178. The van der Waals surface area contributed by atoms with Gasteiger partial charge in [0.1, 0.15) is 6.07 Å². The van der Waals surface area contributed by atoms with Gasteiger partial charge in [0.15, 0.2) is 6.61 Å². The Hall–Kier alpha value is -2.41. The van der Waals surface area contributed by atoms with Crippen LogP contribution in [0.15, 0.2) is 24.3 Å². The van der Waals surface area contributed by atoms with Crippen molar-refractivity contribution < 1.29 is 9.53 Å². The number of aryl methyl sites for hydroxylation is 1. The summed E-state index contributed by atoms with van der Waals surface area (Å²) >= 11 is 0. The number of nitrogens with zero attached hydrogens (tertiary/aromatic N) is 2. The predicted octanol–water partition coefficient (Wildman–Crippen LogP) is 4.07. The lowest BCUT2D eigenvalue weighted by Crippen LogP contribution is -2.29. The summed E-state index contributed by atoms with van der Waals surface area (Å²) < 4.78 is 5.14. The number of carbonyl (C=O) groups excluding carboxylic acids is 1. The highest BCUT2D eigenvalue weighted by Crippen LogP contribution is 2.39. The molecule has 0 N–H and O–H groups in total. The van der Waals surface area contributed by atoms with Crippen molar-refractivity contribution in [1.82, 2.24) is 4.98 Å². The molecule has 4 nitrogen and oxygen atoms in total. The Morgan fingerprint density at radius 1 is 1.38 bits per heavy atom. The fourth-order valence-electron chi connectivity index (χ4n) is 3.53. The van der Waals surface area contributed by atoms with Crippen LogP contribution in [0.5, 0.6) is 0 Å². The first-order valence-electron chi connectivity index (χ1n) is 8.36. The molecule has 3 rings (SSSR count). The molecule has 2 aromatic rings. The largest absolute Gasteiger partial charge is 0.447 e. The molecule has 0 radical (unpaired) electrons.